The summed E-state index contributed by atoms with van der Waals surface area (Å²) in [6, 6.07) is 5.72. The van der Waals surface area contributed by atoms with Gasteiger partial charge < -0.3 is 15.4 Å². The van der Waals surface area contributed by atoms with Crippen molar-refractivity contribution in [3.8, 4) is 5.75 Å². The SMILES string of the molecule is CCC[C@@H](N)C(=O)N(C)CCOc1ccccc1F. The summed E-state index contributed by atoms with van der Waals surface area (Å²) in [6.07, 6.45) is 1.53. The Labute approximate surface area is 113 Å². The number of hydrogen-bond acceptors (Lipinski definition) is 3. The summed E-state index contributed by atoms with van der Waals surface area (Å²) >= 11 is 0. The van der Waals surface area contributed by atoms with E-state index >= 15 is 0 Å². The maximum atomic E-state index is 13.3. The molecular weight excluding hydrogens is 247 g/mol. The van der Waals surface area contributed by atoms with Crippen molar-refractivity contribution in [2.24, 2.45) is 5.73 Å². The Hall–Kier alpha value is -1.62. The lowest BCUT2D eigenvalue weighted by Gasteiger charge is -2.21. The Kier molecular flexibility index (Phi) is 6.29. The lowest BCUT2D eigenvalue weighted by atomic mass is 10.1. The summed E-state index contributed by atoms with van der Waals surface area (Å²) in [5.41, 5.74) is 5.74. The summed E-state index contributed by atoms with van der Waals surface area (Å²) in [6.45, 7) is 2.60. The first-order valence-electron chi connectivity index (χ1n) is 6.44. The van der Waals surface area contributed by atoms with Gasteiger partial charge in [-0.3, -0.25) is 4.79 Å². The lowest BCUT2D eigenvalue weighted by Crippen LogP contribution is -2.43. The number of nitrogens with zero attached hydrogens (tertiary/aromatic N) is 1. The fraction of sp³-hybridized carbons (Fsp3) is 0.500. The molecule has 0 spiro atoms. The van der Waals surface area contributed by atoms with E-state index in [0.29, 0.717) is 13.0 Å². The van der Waals surface area contributed by atoms with E-state index in [-0.39, 0.29) is 18.3 Å². The molecule has 0 aromatic heterocycles. The van der Waals surface area contributed by atoms with Crippen molar-refractivity contribution in [1.29, 1.82) is 0 Å². The molecule has 0 radical (unpaired) electrons. The standard InChI is InChI=1S/C14H21FN2O2/c1-3-6-12(16)14(18)17(2)9-10-19-13-8-5-4-7-11(13)15/h4-5,7-8,12H,3,6,9-10,16H2,1-2H3/t12-/m1/s1. The third-order valence-electron chi connectivity index (χ3n) is 2.81. The van der Waals surface area contributed by atoms with Crippen LogP contribution >= 0.6 is 0 Å². The summed E-state index contributed by atoms with van der Waals surface area (Å²) in [5.74, 6) is -0.320. The van der Waals surface area contributed by atoms with Gasteiger partial charge in [0.1, 0.15) is 6.61 Å². The summed E-state index contributed by atoms with van der Waals surface area (Å²) in [5, 5.41) is 0. The van der Waals surface area contributed by atoms with E-state index in [1.165, 1.54) is 11.0 Å². The quantitative estimate of drug-likeness (QED) is 0.820. The van der Waals surface area contributed by atoms with Crippen molar-refractivity contribution in [3.63, 3.8) is 0 Å². The van der Waals surface area contributed by atoms with E-state index in [4.69, 9.17) is 10.5 Å². The largest absolute Gasteiger partial charge is 0.489 e. The van der Waals surface area contributed by atoms with Crippen molar-refractivity contribution >= 4 is 5.91 Å². The van der Waals surface area contributed by atoms with Crippen LogP contribution in [0.4, 0.5) is 4.39 Å². The molecule has 1 aromatic carbocycles. The normalized spacial score (nSPS) is 12.0. The van der Waals surface area contributed by atoms with Gasteiger partial charge in [-0.05, 0) is 18.6 Å². The van der Waals surface area contributed by atoms with Gasteiger partial charge in [0.05, 0.1) is 12.6 Å². The number of ether oxygens (including phenoxy) is 1. The van der Waals surface area contributed by atoms with Crippen molar-refractivity contribution < 1.29 is 13.9 Å². The van der Waals surface area contributed by atoms with Gasteiger partial charge in [-0.1, -0.05) is 25.5 Å². The van der Waals surface area contributed by atoms with E-state index < -0.39 is 11.9 Å². The monoisotopic (exact) mass is 268 g/mol. The molecule has 1 aromatic rings. The van der Waals surface area contributed by atoms with E-state index in [2.05, 4.69) is 0 Å². The first-order valence-corrected chi connectivity index (χ1v) is 6.44. The van der Waals surface area contributed by atoms with Gasteiger partial charge in [0.15, 0.2) is 11.6 Å². The predicted molar refractivity (Wildman–Crippen MR) is 72.4 cm³/mol. The second-order valence-electron chi connectivity index (χ2n) is 4.43. The number of rotatable bonds is 7. The predicted octanol–water partition coefficient (Wildman–Crippen LogP) is 1.79. The first kappa shape index (κ1) is 15.4. The summed E-state index contributed by atoms with van der Waals surface area (Å²) in [4.78, 5) is 13.3. The van der Waals surface area contributed by atoms with Gasteiger partial charge in [-0.2, -0.15) is 0 Å². The molecule has 0 saturated carbocycles. The third kappa shape index (κ3) is 4.87. The van der Waals surface area contributed by atoms with Crippen molar-refractivity contribution in [2.75, 3.05) is 20.2 Å². The van der Waals surface area contributed by atoms with Crippen LogP contribution in [-0.2, 0) is 4.79 Å². The zero-order chi connectivity index (χ0) is 14.3. The molecule has 1 rings (SSSR count). The fourth-order valence-electron chi connectivity index (χ4n) is 1.68. The van der Waals surface area contributed by atoms with Gasteiger partial charge in [0.25, 0.3) is 0 Å². The Morgan fingerprint density at radius 1 is 1.47 bits per heavy atom. The summed E-state index contributed by atoms with van der Waals surface area (Å²) < 4.78 is 18.6. The Balaban J connectivity index is 2.37. The highest BCUT2D eigenvalue weighted by Crippen LogP contribution is 2.15. The molecule has 4 nitrogen and oxygen atoms in total. The molecule has 19 heavy (non-hydrogen) atoms. The van der Waals surface area contributed by atoms with Gasteiger partial charge in [0, 0.05) is 7.05 Å². The molecule has 0 aliphatic carbocycles. The molecule has 106 valence electrons. The first-order chi connectivity index (χ1) is 9.06. The summed E-state index contributed by atoms with van der Waals surface area (Å²) in [7, 11) is 1.67. The molecule has 0 aliphatic heterocycles. The molecule has 1 atom stereocenters. The van der Waals surface area contributed by atoms with Crippen LogP contribution in [0.25, 0.3) is 0 Å². The topological polar surface area (TPSA) is 55.6 Å². The van der Waals surface area contributed by atoms with Crippen LogP contribution in [0.3, 0.4) is 0 Å². The van der Waals surface area contributed by atoms with Crippen LogP contribution in [0.1, 0.15) is 19.8 Å². The van der Waals surface area contributed by atoms with Crippen LogP contribution in [0.2, 0.25) is 0 Å². The molecule has 0 bridgehead atoms. The number of amides is 1. The highest BCUT2D eigenvalue weighted by molar-refractivity contribution is 5.81. The zero-order valence-electron chi connectivity index (χ0n) is 11.4. The minimum absolute atomic E-state index is 0.112. The van der Waals surface area contributed by atoms with Crippen LogP contribution < -0.4 is 10.5 Å². The Morgan fingerprint density at radius 3 is 2.79 bits per heavy atom. The molecule has 2 N–H and O–H groups in total. The van der Waals surface area contributed by atoms with Gasteiger partial charge >= 0.3 is 0 Å². The number of benzene rings is 1. The number of halogens is 1. The Bertz CT molecular complexity index is 412. The molecule has 0 fully saturated rings. The number of likely N-dealkylation sites (N-methyl/N-ethyl adjacent to an activating group) is 1. The van der Waals surface area contributed by atoms with Crippen LogP contribution in [0.15, 0.2) is 24.3 Å². The third-order valence-corrected chi connectivity index (χ3v) is 2.81. The lowest BCUT2D eigenvalue weighted by molar-refractivity contribution is -0.131. The second kappa shape index (κ2) is 7.74. The van der Waals surface area contributed by atoms with Gasteiger partial charge in [0.2, 0.25) is 5.91 Å². The molecule has 1 amide bonds. The molecule has 5 heteroatoms. The molecule has 0 heterocycles. The number of nitrogens with two attached hydrogens (primary N) is 1. The highest BCUT2D eigenvalue weighted by Gasteiger charge is 2.16. The van der Waals surface area contributed by atoms with Crippen molar-refractivity contribution in [3.05, 3.63) is 30.1 Å². The van der Waals surface area contributed by atoms with Crippen LogP contribution in [0, 0.1) is 5.82 Å². The Morgan fingerprint density at radius 2 is 2.16 bits per heavy atom. The molecule has 0 aliphatic rings. The fourth-order valence-corrected chi connectivity index (χ4v) is 1.68. The van der Waals surface area contributed by atoms with E-state index in [1.54, 1.807) is 25.2 Å². The van der Waals surface area contributed by atoms with E-state index in [1.807, 2.05) is 6.92 Å². The smallest absolute Gasteiger partial charge is 0.239 e. The molecule has 0 saturated heterocycles. The minimum atomic E-state index is -0.469. The number of carbonyl (C=O) groups is 1. The number of hydrogen-bond donors (Lipinski definition) is 1. The molecule has 0 unspecified atom stereocenters. The number of para-hydroxylation sites is 1. The van der Waals surface area contributed by atoms with E-state index in [0.717, 1.165) is 6.42 Å². The molecular formula is C14H21FN2O2. The van der Waals surface area contributed by atoms with Crippen LogP contribution in [0.5, 0.6) is 5.75 Å². The van der Waals surface area contributed by atoms with Crippen molar-refractivity contribution in [1.82, 2.24) is 4.90 Å². The average Bonchev–Trinajstić information content (AvgIpc) is 2.40. The van der Waals surface area contributed by atoms with Crippen molar-refractivity contribution in [2.45, 2.75) is 25.8 Å². The second-order valence-corrected chi connectivity index (χ2v) is 4.43. The highest BCUT2D eigenvalue weighted by atomic mass is 19.1. The zero-order valence-corrected chi connectivity index (χ0v) is 11.4. The minimum Gasteiger partial charge on any atom is -0.489 e. The maximum absolute atomic E-state index is 13.3. The number of carbonyl (C=O) groups excluding carboxylic acids is 1. The van der Waals surface area contributed by atoms with Crippen LogP contribution in [-0.4, -0.2) is 37.0 Å². The van der Waals surface area contributed by atoms with Gasteiger partial charge in [-0.15, -0.1) is 0 Å². The maximum Gasteiger partial charge on any atom is 0.239 e. The van der Waals surface area contributed by atoms with E-state index in [9.17, 15) is 9.18 Å². The van der Waals surface area contributed by atoms with Gasteiger partial charge in [-0.25, -0.2) is 4.39 Å². The average molecular weight is 268 g/mol.